The van der Waals surface area contributed by atoms with Crippen LogP contribution >= 0.6 is 0 Å². The Balaban J connectivity index is 1.76. The average molecular weight is 342 g/mol. The first kappa shape index (κ1) is 15.7. The number of ether oxygens (including phenoxy) is 2. The Labute approximate surface area is 148 Å². The summed E-state index contributed by atoms with van der Waals surface area (Å²) in [6.45, 7) is 10.8. The van der Waals surface area contributed by atoms with E-state index in [1.54, 1.807) is 0 Å². The van der Waals surface area contributed by atoms with E-state index in [-0.39, 0.29) is 23.0 Å². The Morgan fingerprint density at radius 2 is 1.92 bits per heavy atom. The first-order valence-electron chi connectivity index (χ1n) is 9.46. The van der Waals surface area contributed by atoms with Crippen LogP contribution in [0, 0.1) is 34.5 Å². The summed E-state index contributed by atoms with van der Waals surface area (Å²) in [6, 6.07) is 0. The maximum atomic E-state index is 14.0. The maximum absolute atomic E-state index is 14.0. The van der Waals surface area contributed by atoms with Gasteiger partial charge in [-0.1, -0.05) is 38.5 Å². The molecule has 0 amide bonds. The summed E-state index contributed by atoms with van der Waals surface area (Å²) in [5.74, 6) is 1.26. The summed E-state index contributed by atoms with van der Waals surface area (Å²) >= 11 is 0. The van der Waals surface area contributed by atoms with E-state index in [2.05, 4.69) is 39.8 Å². The van der Waals surface area contributed by atoms with E-state index in [1.165, 1.54) is 0 Å². The molecule has 0 aromatic rings. The number of fused-ring (bicyclic) bond motifs is 3. The number of rotatable bonds is 0. The van der Waals surface area contributed by atoms with Gasteiger partial charge in [0.2, 0.25) is 0 Å². The summed E-state index contributed by atoms with van der Waals surface area (Å²) < 4.78 is 11.5. The summed E-state index contributed by atoms with van der Waals surface area (Å²) in [7, 11) is 0. The molecule has 2 saturated carbocycles. The van der Waals surface area contributed by atoms with Gasteiger partial charge in [0.1, 0.15) is 0 Å². The van der Waals surface area contributed by atoms with Crippen LogP contribution < -0.4 is 0 Å². The third-order valence-electron chi connectivity index (χ3n) is 8.10. The topological polar surface area (TPSA) is 52.6 Å². The molecule has 4 aliphatic carbocycles. The monoisotopic (exact) mass is 342 g/mol. The molecule has 134 valence electrons. The molecule has 7 atom stereocenters. The minimum Gasteiger partial charge on any atom is -0.422 e. The molecule has 0 aromatic heterocycles. The lowest BCUT2D eigenvalue weighted by molar-refractivity contribution is -0.146. The Morgan fingerprint density at radius 3 is 2.64 bits per heavy atom. The van der Waals surface area contributed by atoms with Crippen LogP contribution in [-0.4, -0.2) is 23.6 Å². The fourth-order valence-corrected chi connectivity index (χ4v) is 7.01. The number of allylic oxidation sites excluding steroid dienone is 1. The molecular formula is C21H26O4. The van der Waals surface area contributed by atoms with Gasteiger partial charge < -0.3 is 9.47 Å². The van der Waals surface area contributed by atoms with Gasteiger partial charge >= 0.3 is 6.16 Å². The first-order chi connectivity index (χ1) is 11.6. The summed E-state index contributed by atoms with van der Waals surface area (Å²) in [4.78, 5) is 26.1. The molecule has 0 unspecified atom stereocenters. The normalized spacial score (nSPS) is 51.8. The third kappa shape index (κ3) is 1.52. The number of Topliss-reactive ketones (excluding diaryl/α,β-unsaturated/α-hetero) is 1. The van der Waals surface area contributed by atoms with Gasteiger partial charge in [0.05, 0.1) is 5.41 Å². The van der Waals surface area contributed by atoms with Gasteiger partial charge in [-0.25, -0.2) is 4.79 Å². The number of carbonyl (C=O) groups excluding carboxylic acids is 2. The van der Waals surface area contributed by atoms with E-state index < -0.39 is 23.3 Å². The van der Waals surface area contributed by atoms with E-state index in [0.717, 1.165) is 17.6 Å². The summed E-state index contributed by atoms with van der Waals surface area (Å²) in [6.07, 6.45) is 4.81. The molecule has 1 saturated heterocycles. The van der Waals surface area contributed by atoms with Crippen molar-refractivity contribution in [2.75, 3.05) is 0 Å². The van der Waals surface area contributed by atoms with Gasteiger partial charge in [0, 0.05) is 12.3 Å². The molecular weight excluding hydrogens is 316 g/mol. The van der Waals surface area contributed by atoms with E-state index in [0.29, 0.717) is 18.3 Å². The molecule has 25 heavy (non-hydrogen) atoms. The zero-order valence-corrected chi connectivity index (χ0v) is 15.6. The zero-order valence-electron chi connectivity index (χ0n) is 15.6. The molecule has 0 N–H and O–H groups in total. The van der Waals surface area contributed by atoms with Gasteiger partial charge in [-0.05, 0) is 49.0 Å². The van der Waals surface area contributed by atoms with Crippen LogP contribution in [0.2, 0.25) is 0 Å². The second kappa shape index (κ2) is 4.21. The molecule has 1 aliphatic heterocycles. The molecule has 1 heterocycles. The fourth-order valence-electron chi connectivity index (χ4n) is 7.01. The standard InChI is InChI=1S/C21H26O4/c1-10-6-13-15-14(19(15,4)5)7-12(3)20(16(13)22)9-11(2)17-21(20,8-10)25-18(23)24-17/h6,9,12-15,17H,7-8H2,1-5H3/t12-,13+,14-,15+,17+,20+,21+/m1/s1. The maximum Gasteiger partial charge on any atom is 0.509 e. The van der Waals surface area contributed by atoms with Crippen molar-refractivity contribution in [3.63, 3.8) is 0 Å². The van der Waals surface area contributed by atoms with Gasteiger partial charge in [0.15, 0.2) is 17.5 Å². The molecule has 2 spiro atoms. The molecule has 3 fully saturated rings. The highest BCUT2D eigenvalue weighted by Gasteiger charge is 2.77. The minimum absolute atomic E-state index is 0.0774. The van der Waals surface area contributed by atoms with Crippen LogP contribution in [0.1, 0.15) is 47.5 Å². The second-order valence-corrected chi connectivity index (χ2v) is 9.67. The molecule has 4 heteroatoms. The fraction of sp³-hybridized carbons (Fsp3) is 0.714. The van der Waals surface area contributed by atoms with Crippen LogP contribution in [0.3, 0.4) is 0 Å². The Kier molecular flexibility index (Phi) is 2.64. The summed E-state index contributed by atoms with van der Waals surface area (Å²) in [5, 5.41) is 0. The minimum atomic E-state index is -0.888. The van der Waals surface area contributed by atoms with Crippen molar-refractivity contribution in [1.82, 2.24) is 0 Å². The van der Waals surface area contributed by atoms with E-state index in [1.807, 2.05) is 6.92 Å². The third-order valence-corrected chi connectivity index (χ3v) is 8.10. The Morgan fingerprint density at radius 1 is 1.20 bits per heavy atom. The molecule has 0 aromatic carbocycles. The smallest absolute Gasteiger partial charge is 0.422 e. The molecule has 5 rings (SSSR count). The summed E-state index contributed by atoms with van der Waals surface area (Å²) in [5.41, 5.74) is 0.679. The number of hydrogen-bond acceptors (Lipinski definition) is 4. The lowest BCUT2D eigenvalue weighted by Gasteiger charge is -2.45. The van der Waals surface area contributed by atoms with E-state index in [9.17, 15) is 9.59 Å². The Hall–Kier alpha value is -1.58. The van der Waals surface area contributed by atoms with Crippen LogP contribution in [0.25, 0.3) is 0 Å². The lowest BCUT2D eigenvalue weighted by Crippen LogP contribution is -2.58. The van der Waals surface area contributed by atoms with Crippen molar-refractivity contribution >= 4 is 11.9 Å². The van der Waals surface area contributed by atoms with Crippen molar-refractivity contribution in [2.24, 2.45) is 34.5 Å². The first-order valence-corrected chi connectivity index (χ1v) is 9.46. The van der Waals surface area contributed by atoms with Crippen LogP contribution in [0.4, 0.5) is 4.79 Å². The van der Waals surface area contributed by atoms with Gasteiger partial charge in [-0.2, -0.15) is 0 Å². The SMILES string of the molecule is CC1=C[C@@H]2C(=O)[C@]3(C=C(C)[C@@H]4OC(=O)O[C@@]43C1)[C@H](C)C[C@@H]1[C@H]2C1(C)C. The van der Waals surface area contributed by atoms with E-state index >= 15 is 0 Å². The lowest BCUT2D eigenvalue weighted by atomic mass is 9.59. The number of ketones is 1. The van der Waals surface area contributed by atoms with Crippen molar-refractivity contribution in [2.45, 2.75) is 59.2 Å². The highest BCUT2D eigenvalue weighted by atomic mass is 16.8. The highest BCUT2D eigenvalue weighted by Crippen LogP contribution is 2.72. The van der Waals surface area contributed by atoms with Crippen molar-refractivity contribution in [3.05, 3.63) is 23.3 Å². The van der Waals surface area contributed by atoms with Crippen LogP contribution in [-0.2, 0) is 14.3 Å². The van der Waals surface area contributed by atoms with E-state index in [4.69, 9.17) is 9.47 Å². The van der Waals surface area contributed by atoms with Crippen molar-refractivity contribution in [1.29, 1.82) is 0 Å². The van der Waals surface area contributed by atoms with Crippen LogP contribution in [0.15, 0.2) is 23.3 Å². The number of carbonyl (C=O) groups is 2. The molecule has 2 bridgehead atoms. The second-order valence-electron chi connectivity index (χ2n) is 9.67. The zero-order chi connectivity index (χ0) is 17.9. The van der Waals surface area contributed by atoms with Gasteiger partial charge in [-0.15, -0.1) is 0 Å². The highest BCUT2D eigenvalue weighted by molar-refractivity contribution is 5.96. The Bertz CT molecular complexity index is 775. The average Bonchev–Trinajstić information content (AvgIpc) is 2.81. The molecule has 0 radical (unpaired) electrons. The quantitative estimate of drug-likeness (QED) is 0.492. The molecule has 5 aliphatic rings. The van der Waals surface area contributed by atoms with Crippen molar-refractivity contribution < 1.29 is 19.1 Å². The predicted octanol–water partition coefficient (Wildman–Crippen LogP) is 4.05. The van der Waals surface area contributed by atoms with Gasteiger partial charge in [-0.3, -0.25) is 4.79 Å². The molecule has 4 nitrogen and oxygen atoms in total. The number of hydrogen-bond donors (Lipinski definition) is 0. The largest absolute Gasteiger partial charge is 0.509 e. The van der Waals surface area contributed by atoms with Crippen LogP contribution in [0.5, 0.6) is 0 Å². The predicted molar refractivity (Wildman–Crippen MR) is 91.7 cm³/mol. The van der Waals surface area contributed by atoms with Gasteiger partial charge in [0.25, 0.3) is 0 Å². The van der Waals surface area contributed by atoms with Crippen molar-refractivity contribution in [3.8, 4) is 0 Å².